The number of aromatic nitrogens is 2. The maximum atomic E-state index is 14.1. The van der Waals surface area contributed by atoms with Crippen LogP contribution in [0.1, 0.15) is 5.56 Å². The Balaban J connectivity index is 1.80. The van der Waals surface area contributed by atoms with E-state index in [2.05, 4.69) is 15.9 Å². The van der Waals surface area contributed by atoms with E-state index in [0.29, 0.717) is 11.8 Å². The zero-order valence-electron chi connectivity index (χ0n) is 18.1. The van der Waals surface area contributed by atoms with Crippen molar-refractivity contribution in [3.63, 3.8) is 0 Å². The van der Waals surface area contributed by atoms with Crippen LogP contribution in [0.3, 0.4) is 0 Å². The van der Waals surface area contributed by atoms with Crippen molar-refractivity contribution < 1.29 is 26.7 Å². The van der Waals surface area contributed by atoms with Gasteiger partial charge in [0.1, 0.15) is 18.2 Å². The number of fused-ring (bicyclic) bond motifs is 1. The minimum Gasteiger partial charge on any atom is -0.497 e. The third-order valence-electron chi connectivity index (χ3n) is 5.15. The maximum absolute atomic E-state index is 14.1. The van der Waals surface area contributed by atoms with E-state index in [0.717, 1.165) is 20.4 Å². The van der Waals surface area contributed by atoms with E-state index < -0.39 is 27.2 Å². The summed E-state index contributed by atoms with van der Waals surface area (Å²) >= 11 is 3.04. The van der Waals surface area contributed by atoms with Crippen molar-refractivity contribution in [2.75, 3.05) is 13.7 Å². The molecule has 0 aliphatic carbocycles. The Labute approximate surface area is 202 Å². The number of rotatable bonds is 7. The normalized spacial score (nSPS) is 11.7. The summed E-state index contributed by atoms with van der Waals surface area (Å²) in [7, 11) is -2.75. The summed E-state index contributed by atoms with van der Waals surface area (Å²) < 4.78 is 67.1. The van der Waals surface area contributed by atoms with Crippen LogP contribution < -0.4 is 15.0 Å². The number of aryl methyl sites for hydroxylation is 1. The number of methoxy groups -OCH3 is 1. The molecule has 0 saturated carbocycles. The molecule has 1 aromatic heterocycles. The fraction of sp³-hybridized carbons (Fsp3) is 0.174. The van der Waals surface area contributed by atoms with Crippen LogP contribution in [0.25, 0.3) is 10.9 Å². The average Bonchev–Trinajstić information content (AvgIpc) is 3.07. The minimum absolute atomic E-state index is 0.00666. The molecular formula is C23H19BrF2N2O5S. The molecule has 0 amide bonds. The molecule has 0 aliphatic heterocycles. The van der Waals surface area contributed by atoms with E-state index >= 15 is 0 Å². The second kappa shape index (κ2) is 9.22. The monoisotopic (exact) mass is 552 g/mol. The first-order valence-electron chi connectivity index (χ1n) is 10.0. The molecule has 4 rings (SSSR count). The summed E-state index contributed by atoms with van der Waals surface area (Å²) in [5.41, 5.74) is 0.436. The maximum Gasteiger partial charge on any atom is 0.282 e. The summed E-state index contributed by atoms with van der Waals surface area (Å²) in [6, 6.07) is 12.4. The fourth-order valence-corrected chi connectivity index (χ4v) is 5.53. The van der Waals surface area contributed by atoms with Crippen molar-refractivity contribution in [2.45, 2.75) is 18.4 Å². The van der Waals surface area contributed by atoms with Gasteiger partial charge in [-0.2, -0.15) is 12.5 Å². The lowest BCUT2D eigenvalue weighted by Gasteiger charge is -2.15. The highest BCUT2D eigenvalue weighted by atomic mass is 79.9. The molecule has 0 unspecified atom stereocenters. The largest absolute Gasteiger partial charge is 0.497 e. The summed E-state index contributed by atoms with van der Waals surface area (Å²) in [5.74, 6) is -1.58. The molecule has 0 bridgehead atoms. The highest BCUT2D eigenvalue weighted by molar-refractivity contribution is 9.10. The van der Waals surface area contributed by atoms with Crippen molar-refractivity contribution in [3.8, 4) is 11.5 Å². The second-order valence-corrected chi connectivity index (χ2v) is 10.0. The van der Waals surface area contributed by atoms with E-state index in [1.165, 1.54) is 31.4 Å². The van der Waals surface area contributed by atoms with Gasteiger partial charge in [0, 0.05) is 6.07 Å². The van der Waals surface area contributed by atoms with Crippen LogP contribution in [0, 0.1) is 18.6 Å². The highest BCUT2D eigenvalue weighted by Gasteiger charge is 2.26. The van der Waals surface area contributed by atoms with Gasteiger partial charge in [0.2, 0.25) is 0 Å². The van der Waals surface area contributed by atoms with E-state index in [-0.39, 0.29) is 39.2 Å². The van der Waals surface area contributed by atoms with Gasteiger partial charge in [-0.05, 0) is 59.3 Å². The van der Waals surface area contributed by atoms with Crippen LogP contribution >= 0.6 is 15.9 Å². The predicted molar refractivity (Wildman–Crippen MR) is 126 cm³/mol. The van der Waals surface area contributed by atoms with Gasteiger partial charge in [-0.3, -0.25) is 4.79 Å². The van der Waals surface area contributed by atoms with Crippen LogP contribution in [0.5, 0.6) is 11.5 Å². The van der Waals surface area contributed by atoms with E-state index in [9.17, 15) is 22.0 Å². The number of hydrogen-bond acceptors (Lipinski definition) is 5. The Kier molecular flexibility index (Phi) is 6.50. The number of nitrogens with zero attached hydrogens (tertiary/aromatic N) is 2. The third-order valence-corrected chi connectivity index (χ3v) is 7.46. The van der Waals surface area contributed by atoms with Crippen LogP contribution in [0.2, 0.25) is 0 Å². The zero-order valence-corrected chi connectivity index (χ0v) is 20.5. The van der Waals surface area contributed by atoms with Gasteiger partial charge in [-0.1, -0.05) is 17.7 Å². The fourth-order valence-electron chi connectivity index (χ4n) is 3.49. The molecule has 0 fully saturated rings. The lowest BCUT2D eigenvalue weighted by atomic mass is 10.2. The first-order valence-corrected chi connectivity index (χ1v) is 12.3. The van der Waals surface area contributed by atoms with Crippen molar-refractivity contribution in [1.82, 2.24) is 8.77 Å². The lowest BCUT2D eigenvalue weighted by Crippen LogP contribution is -2.30. The van der Waals surface area contributed by atoms with Gasteiger partial charge in [0.25, 0.3) is 15.6 Å². The Morgan fingerprint density at radius 1 is 1.03 bits per heavy atom. The summed E-state index contributed by atoms with van der Waals surface area (Å²) in [5, 5.41) is 0.129. The van der Waals surface area contributed by atoms with Crippen molar-refractivity contribution in [1.29, 1.82) is 0 Å². The molecule has 0 radical (unpaired) electrons. The van der Waals surface area contributed by atoms with Crippen LogP contribution in [-0.4, -0.2) is 30.9 Å². The van der Waals surface area contributed by atoms with E-state index in [4.69, 9.17) is 9.47 Å². The van der Waals surface area contributed by atoms with E-state index in [1.807, 2.05) is 6.92 Å². The van der Waals surface area contributed by atoms with Gasteiger partial charge >= 0.3 is 0 Å². The summed E-state index contributed by atoms with van der Waals surface area (Å²) in [6.07, 6.45) is 0. The van der Waals surface area contributed by atoms with Crippen LogP contribution in [0.15, 0.2) is 68.8 Å². The molecule has 0 aliphatic rings. The SMILES string of the molecule is COc1ccc2c(c1)c(=O)n(CCOc1c(F)cc(F)cc1Br)n2S(=O)(=O)c1ccc(C)cc1. The second-order valence-electron chi connectivity index (χ2n) is 7.42. The first-order chi connectivity index (χ1) is 16.1. The smallest absolute Gasteiger partial charge is 0.282 e. The molecule has 34 heavy (non-hydrogen) atoms. The molecule has 178 valence electrons. The van der Waals surface area contributed by atoms with Gasteiger partial charge in [0.05, 0.1) is 33.9 Å². The Hall–Kier alpha value is -3.18. The molecule has 0 spiro atoms. The first kappa shape index (κ1) is 24.0. The molecule has 1 heterocycles. The molecule has 11 heteroatoms. The van der Waals surface area contributed by atoms with Gasteiger partial charge in [-0.15, -0.1) is 0 Å². The zero-order chi connectivity index (χ0) is 24.6. The number of hydrogen-bond donors (Lipinski definition) is 0. The molecular weight excluding hydrogens is 534 g/mol. The van der Waals surface area contributed by atoms with Gasteiger partial charge in [-0.25, -0.2) is 13.5 Å². The number of ether oxygens (including phenoxy) is 2. The lowest BCUT2D eigenvalue weighted by molar-refractivity contribution is 0.271. The van der Waals surface area contributed by atoms with Crippen molar-refractivity contribution >= 4 is 36.9 Å². The van der Waals surface area contributed by atoms with Crippen molar-refractivity contribution in [3.05, 3.63) is 86.6 Å². The van der Waals surface area contributed by atoms with E-state index in [1.54, 1.807) is 18.2 Å². The standard InChI is InChI=1S/C23H19BrF2N2O5S/c1-14-3-6-17(7-4-14)34(30,31)28-21-8-5-16(32-2)13-18(21)23(29)27(28)9-10-33-22-19(24)11-15(25)12-20(22)26/h3-8,11-13H,9-10H2,1-2H3. The summed E-state index contributed by atoms with van der Waals surface area (Å²) in [6.45, 7) is 1.33. The predicted octanol–water partition coefficient (Wildman–Crippen LogP) is 4.48. The topological polar surface area (TPSA) is 79.5 Å². The average molecular weight is 553 g/mol. The van der Waals surface area contributed by atoms with Gasteiger partial charge < -0.3 is 9.47 Å². The quantitative estimate of drug-likeness (QED) is 0.338. The Bertz CT molecular complexity index is 1520. The Morgan fingerprint density at radius 2 is 1.74 bits per heavy atom. The molecule has 0 saturated heterocycles. The molecule has 7 nitrogen and oxygen atoms in total. The minimum atomic E-state index is -4.18. The molecule has 3 aromatic carbocycles. The number of halogens is 3. The van der Waals surface area contributed by atoms with Crippen molar-refractivity contribution in [2.24, 2.45) is 0 Å². The number of benzene rings is 3. The highest BCUT2D eigenvalue weighted by Crippen LogP contribution is 2.29. The molecule has 0 atom stereocenters. The van der Waals surface area contributed by atoms with Crippen LogP contribution in [-0.2, 0) is 16.6 Å². The van der Waals surface area contributed by atoms with Gasteiger partial charge in [0.15, 0.2) is 11.6 Å². The molecule has 4 aromatic rings. The summed E-state index contributed by atoms with van der Waals surface area (Å²) in [4.78, 5) is 13.2. The Morgan fingerprint density at radius 3 is 2.38 bits per heavy atom. The third kappa shape index (κ3) is 4.32. The van der Waals surface area contributed by atoms with Crippen LogP contribution in [0.4, 0.5) is 8.78 Å². The molecule has 0 N–H and O–H groups in total.